The lowest BCUT2D eigenvalue weighted by Gasteiger charge is -2.17. The second-order valence-corrected chi connectivity index (χ2v) is 5.43. The summed E-state index contributed by atoms with van der Waals surface area (Å²) in [6.07, 6.45) is 8.05. The second kappa shape index (κ2) is 5.93. The Morgan fingerprint density at radius 1 is 1.47 bits per heavy atom. The first kappa shape index (κ1) is 12.3. The number of hydrogen-bond donors (Lipinski definition) is 1. The number of nitro groups is 1. The third kappa shape index (κ3) is 3.64. The zero-order valence-electron chi connectivity index (χ0n) is 9.59. The minimum absolute atomic E-state index is 0.224. The Balaban J connectivity index is 1.73. The number of thiophene rings is 1. The summed E-state index contributed by atoms with van der Waals surface area (Å²) in [6.45, 7) is 1.73. The molecule has 1 heterocycles. The van der Waals surface area contributed by atoms with Crippen LogP contribution < -0.4 is 5.32 Å². The largest absolute Gasteiger partial charge is 0.324 e. The molecule has 0 aromatic carbocycles. The zero-order chi connectivity index (χ0) is 12.1. The molecule has 0 amide bonds. The smallest absolute Gasteiger partial charge is 0.312 e. The van der Waals surface area contributed by atoms with Crippen LogP contribution in [0.1, 0.15) is 24.1 Å². The van der Waals surface area contributed by atoms with Crippen molar-refractivity contribution in [2.75, 3.05) is 6.54 Å². The number of allylic oxidation sites excluding steroid dienone is 2. The van der Waals surface area contributed by atoms with E-state index in [1.807, 2.05) is 6.07 Å². The molecule has 1 atom stereocenters. The van der Waals surface area contributed by atoms with Crippen molar-refractivity contribution in [2.45, 2.75) is 25.8 Å². The maximum Gasteiger partial charge on any atom is 0.324 e. The van der Waals surface area contributed by atoms with Crippen molar-refractivity contribution in [1.29, 1.82) is 0 Å². The van der Waals surface area contributed by atoms with E-state index in [0.29, 0.717) is 0 Å². The quantitative estimate of drug-likeness (QED) is 0.497. The molecule has 0 fully saturated rings. The molecule has 1 unspecified atom stereocenters. The highest BCUT2D eigenvalue weighted by Crippen LogP contribution is 2.24. The first-order valence-corrected chi connectivity index (χ1v) is 6.66. The average Bonchev–Trinajstić information content (AvgIpc) is 2.79. The third-order valence-electron chi connectivity index (χ3n) is 2.94. The molecule has 1 N–H and O–H groups in total. The summed E-state index contributed by atoms with van der Waals surface area (Å²) in [5.74, 6) is 0.718. The molecule has 17 heavy (non-hydrogen) atoms. The van der Waals surface area contributed by atoms with E-state index in [9.17, 15) is 10.1 Å². The van der Waals surface area contributed by atoms with Crippen LogP contribution in [0.5, 0.6) is 0 Å². The lowest BCUT2D eigenvalue weighted by atomic mass is 9.94. The van der Waals surface area contributed by atoms with E-state index in [0.717, 1.165) is 30.3 Å². The molecule has 0 aliphatic heterocycles. The highest BCUT2D eigenvalue weighted by atomic mass is 32.1. The van der Waals surface area contributed by atoms with E-state index in [1.165, 1.54) is 24.2 Å². The average molecular weight is 252 g/mol. The number of nitrogens with one attached hydrogen (secondary N) is 1. The van der Waals surface area contributed by atoms with Crippen LogP contribution in [0.2, 0.25) is 0 Å². The number of hydrogen-bond acceptors (Lipinski definition) is 4. The molecule has 2 rings (SSSR count). The van der Waals surface area contributed by atoms with Crippen LogP contribution in [0.3, 0.4) is 0 Å². The molecule has 0 bridgehead atoms. The lowest BCUT2D eigenvalue weighted by molar-refractivity contribution is -0.380. The van der Waals surface area contributed by atoms with Crippen molar-refractivity contribution in [2.24, 2.45) is 5.92 Å². The normalized spacial score (nSPS) is 19.4. The first-order chi connectivity index (χ1) is 8.25. The van der Waals surface area contributed by atoms with Gasteiger partial charge in [-0.1, -0.05) is 23.5 Å². The van der Waals surface area contributed by atoms with Crippen LogP contribution in [0.15, 0.2) is 24.3 Å². The standard InChI is InChI=1S/C12H16N2O2S/c15-14(16)12-7-6-11(17-12)9-13-8-10-4-2-1-3-5-10/h1-2,6-7,10,13H,3-5,8-9H2. The first-order valence-electron chi connectivity index (χ1n) is 5.84. The molecule has 0 radical (unpaired) electrons. The van der Waals surface area contributed by atoms with E-state index in [1.54, 1.807) is 6.07 Å². The molecule has 4 nitrogen and oxygen atoms in total. The van der Waals surface area contributed by atoms with Crippen molar-refractivity contribution in [3.05, 3.63) is 39.3 Å². The Kier molecular flexibility index (Phi) is 4.28. The summed E-state index contributed by atoms with van der Waals surface area (Å²) in [7, 11) is 0. The van der Waals surface area contributed by atoms with Crippen LogP contribution in [0, 0.1) is 16.0 Å². The van der Waals surface area contributed by atoms with E-state index in [4.69, 9.17) is 0 Å². The molecule has 0 saturated heterocycles. The van der Waals surface area contributed by atoms with E-state index >= 15 is 0 Å². The summed E-state index contributed by atoms with van der Waals surface area (Å²) in [6, 6.07) is 3.40. The van der Waals surface area contributed by atoms with Crippen molar-refractivity contribution >= 4 is 16.3 Å². The van der Waals surface area contributed by atoms with Crippen LogP contribution >= 0.6 is 11.3 Å². The summed E-state index contributed by atoms with van der Waals surface area (Å²) < 4.78 is 0. The summed E-state index contributed by atoms with van der Waals surface area (Å²) in [4.78, 5) is 11.2. The van der Waals surface area contributed by atoms with Gasteiger partial charge in [0.1, 0.15) is 0 Å². The molecular formula is C12H16N2O2S. The summed E-state index contributed by atoms with van der Waals surface area (Å²) in [5.41, 5.74) is 0. The SMILES string of the molecule is O=[N+]([O-])c1ccc(CNCC2CC=CCC2)s1. The van der Waals surface area contributed by atoms with Gasteiger partial charge in [0.25, 0.3) is 0 Å². The fourth-order valence-electron chi connectivity index (χ4n) is 2.00. The Labute approximate surface area is 104 Å². The number of nitrogens with zero attached hydrogens (tertiary/aromatic N) is 1. The fraction of sp³-hybridized carbons (Fsp3) is 0.500. The van der Waals surface area contributed by atoms with Gasteiger partial charge in [-0.05, 0) is 37.8 Å². The minimum atomic E-state index is -0.333. The van der Waals surface area contributed by atoms with Gasteiger partial charge in [0, 0.05) is 17.5 Å². The highest BCUT2D eigenvalue weighted by Gasteiger charge is 2.11. The van der Waals surface area contributed by atoms with Gasteiger partial charge >= 0.3 is 5.00 Å². The van der Waals surface area contributed by atoms with E-state index in [-0.39, 0.29) is 9.92 Å². The third-order valence-corrected chi connectivity index (χ3v) is 3.97. The van der Waals surface area contributed by atoms with Crippen LogP contribution in [-0.2, 0) is 6.54 Å². The second-order valence-electron chi connectivity index (χ2n) is 4.28. The minimum Gasteiger partial charge on any atom is -0.312 e. The topological polar surface area (TPSA) is 55.2 Å². The number of rotatable bonds is 5. The Bertz CT molecular complexity index is 414. The highest BCUT2D eigenvalue weighted by molar-refractivity contribution is 7.15. The van der Waals surface area contributed by atoms with Crippen molar-refractivity contribution in [3.63, 3.8) is 0 Å². The zero-order valence-corrected chi connectivity index (χ0v) is 10.4. The molecule has 1 aliphatic carbocycles. The molecular weight excluding hydrogens is 236 g/mol. The Morgan fingerprint density at radius 3 is 3.00 bits per heavy atom. The molecule has 1 aromatic rings. The van der Waals surface area contributed by atoms with E-state index < -0.39 is 0 Å². The van der Waals surface area contributed by atoms with Crippen molar-refractivity contribution in [3.8, 4) is 0 Å². The van der Waals surface area contributed by atoms with Gasteiger partial charge in [0.05, 0.1) is 4.92 Å². The van der Waals surface area contributed by atoms with Gasteiger partial charge in [-0.2, -0.15) is 0 Å². The Morgan fingerprint density at radius 2 is 2.35 bits per heavy atom. The van der Waals surface area contributed by atoms with Gasteiger partial charge < -0.3 is 5.32 Å². The molecule has 1 aromatic heterocycles. The fourth-order valence-corrected chi connectivity index (χ4v) is 2.79. The van der Waals surface area contributed by atoms with Gasteiger partial charge in [0.15, 0.2) is 0 Å². The molecule has 5 heteroatoms. The van der Waals surface area contributed by atoms with Crippen LogP contribution in [0.25, 0.3) is 0 Å². The van der Waals surface area contributed by atoms with Gasteiger partial charge in [-0.3, -0.25) is 10.1 Å². The van der Waals surface area contributed by atoms with Crippen LogP contribution in [0.4, 0.5) is 5.00 Å². The maximum absolute atomic E-state index is 10.5. The van der Waals surface area contributed by atoms with Gasteiger partial charge in [0.2, 0.25) is 0 Å². The predicted molar refractivity (Wildman–Crippen MR) is 69.2 cm³/mol. The Hall–Kier alpha value is -1.20. The molecule has 0 saturated carbocycles. The van der Waals surface area contributed by atoms with Gasteiger partial charge in [-0.25, -0.2) is 0 Å². The van der Waals surface area contributed by atoms with Crippen LogP contribution in [-0.4, -0.2) is 11.5 Å². The maximum atomic E-state index is 10.5. The summed E-state index contributed by atoms with van der Waals surface area (Å²) in [5, 5.41) is 14.1. The summed E-state index contributed by atoms with van der Waals surface area (Å²) >= 11 is 1.25. The molecule has 92 valence electrons. The van der Waals surface area contributed by atoms with E-state index in [2.05, 4.69) is 17.5 Å². The molecule has 1 aliphatic rings. The lowest BCUT2D eigenvalue weighted by Crippen LogP contribution is -2.22. The monoisotopic (exact) mass is 252 g/mol. The predicted octanol–water partition coefficient (Wildman–Crippen LogP) is 3.10. The molecule has 0 spiro atoms. The van der Waals surface area contributed by atoms with Gasteiger partial charge in [-0.15, -0.1) is 0 Å². The van der Waals surface area contributed by atoms with Crippen molar-refractivity contribution in [1.82, 2.24) is 5.32 Å². The van der Waals surface area contributed by atoms with Crippen molar-refractivity contribution < 1.29 is 4.92 Å².